The van der Waals surface area contributed by atoms with Crippen LogP contribution in [0, 0.1) is 11.8 Å². The van der Waals surface area contributed by atoms with Crippen molar-refractivity contribution in [3.05, 3.63) is 35.4 Å². The van der Waals surface area contributed by atoms with Crippen LogP contribution in [0.5, 0.6) is 0 Å². The van der Waals surface area contributed by atoms with E-state index in [9.17, 15) is 24.0 Å². The summed E-state index contributed by atoms with van der Waals surface area (Å²) in [5, 5.41) is 1.89. The predicted molar refractivity (Wildman–Crippen MR) is 103 cm³/mol. The van der Waals surface area contributed by atoms with E-state index in [4.69, 9.17) is 10.5 Å². The van der Waals surface area contributed by atoms with Gasteiger partial charge in [-0.2, -0.15) is 0 Å². The Balaban J connectivity index is 2.31. The average Bonchev–Trinajstić information content (AvgIpc) is 2.87. The lowest BCUT2D eigenvalue weighted by molar-refractivity contribution is -0.162. The molecule has 0 spiro atoms. The zero-order valence-corrected chi connectivity index (χ0v) is 16.8. The van der Waals surface area contributed by atoms with Crippen LogP contribution in [0.2, 0.25) is 0 Å². The Bertz CT molecular complexity index is 813. The minimum atomic E-state index is -1.31. The molecule has 1 aliphatic heterocycles. The Hall–Kier alpha value is -3.23. The van der Waals surface area contributed by atoms with E-state index in [1.165, 1.54) is 12.1 Å². The molecule has 0 bridgehead atoms. The molecule has 3 N–H and O–H groups in total. The SMILES string of the molecule is CC(C)C[C@H](C(=O)O[C@@H](C(=O)NC(N)=O)C(C)C)N1C(=O)c2ccccc2C1=O. The molecule has 2 atom stereocenters. The molecule has 1 aromatic rings. The molecule has 0 saturated heterocycles. The number of imide groups is 2. The zero-order valence-electron chi connectivity index (χ0n) is 16.8. The molecule has 1 heterocycles. The van der Waals surface area contributed by atoms with Crippen molar-refractivity contribution in [2.24, 2.45) is 17.6 Å². The number of hydrogen-bond donors (Lipinski definition) is 2. The number of hydrogen-bond acceptors (Lipinski definition) is 6. The Labute approximate surface area is 168 Å². The number of primary amides is 1. The van der Waals surface area contributed by atoms with E-state index in [1.54, 1.807) is 26.0 Å². The number of fused-ring (bicyclic) bond motifs is 1. The van der Waals surface area contributed by atoms with Crippen LogP contribution in [0.4, 0.5) is 4.79 Å². The van der Waals surface area contributed by atoms with Crippen LogP contribution < -0.4 is 11.1 Å². The number of carbonyl (C=O) groups excluding carboxylic acids is 5. The second-order valence-corrected chi connectivity index (χ2v) is 7.63. The third-order valence-corrected chi connectivity index (χ3v) is 4.46. The molecule has 1 aliphatic rings. The predicted octanol–water partition coefficient (Wildman–Crippen LogP) is 1.46. The van der Waals surface area contributed by atoms with E-state index in [-0.39, 0.29) is 23.5 Å². The van der Waals surface area contributed by atoms with Crippen LogP contribution in [0.25, 0.3) is 0 Å². The van der Waals surface area contributed by atoms with Gasteiger partial charge in [0.1, 0.15) is 6.04 Å². The lowest BCUT2D eigenvalue weighted by Gasteiger charge is -2.28. The van der Waals surface area contributed by atoms with Gasteiger partial charge in [-0.25, -0.2) is 9.59 Å². The summed E-state index contributed by atoms with van der Waals surface area (Å²) < 4.78 is 5.34. The Morgan fingerprint density at radius 2 is 1.55 bits per heavy atom. The van der Waals surface area contributed by atoms with E-state index in [0.29, 0.717) is 0 Å². The number of nitrogens with one attached hydrogen (secondary N) is 1. The van der Waals surface area contributed by atoms with Gasteiger partial charge in [0.25, 0.3) is 17.7 Å². The van der Waals surface area contributed by atoms with E-state index in [0.717, 1.165) is 4.90 Å². The van der Waals surface area contributed by atoms with Crippen molar-refractivity contribution in [1.82, 2.24) is 10.2 Å². The molecule has 0 radical (unpaired) electrons. The second kappa shape index (κ2) is 8.85. The van der Waals surface area contributed by atoms with Gasteiger partial charge in [0, 0.05) is 0 Å². The smallest absolute Gasteiger partial charge is 0.330 e. The van der Waals surface area contributed by atoms with E-state index >= 15 is 0 Å². The summed E-state index contributed by atoms with van der Waals surface area (Å²) in [4.78, 5) is 62.6. The molecule has 1 aromatic carbocycles. The van der Waals surface area contributed by atoms with E-state index in [2.05, 4.69) is 0 Å². The number of esters is 1. The summed E-state index contributed by atoms with van der Waals surface area (Å²) in [5.41, 5.74) is 5.39. The first-order valence-electron chi connectivity index (χ1n) is 9.32. The first kappa shape index (κ1) is 22.1. The van der Waals surface area contributed by atoms with Crippen LogP contribution in [0.1, 0.15) is 54.8 Å². The van der Waals surface area contributed by atoms with E-state index in [1.807, 2.05) is 19.2 Å². The van der Waals surface area contributed by atoms with Crippen molar-refractivity contribution in [3.63, 3.8) is 0 Å². The van der Waals surface area contributed by atoms with E-state index < -0.39 is 47.8 Å². The summed E-state index contributed by atoms with van der Waals surface area (Å²) in [6.07, 6.45) is -1.15. The zero-order chi connectivity index (χ0) is 21.9. The highest BCUT2D eigenvalue weighted by Crippen LogP contribution is 2.28. The van der Waals surface area contributed by atoms with Gasteiger partial charge in [0.2, 0.25) is 0 Å². The molecule has 0 unspecified atom stereocenters. The maximum atomic E-state index is 12.9. The fraction of sp³-hybridized carbons (Fsp3) is 0.450. The lowest BCUT2D eigenvalue weighted by atomic mass is 10.0. The minimum absolute atomic E-state index is 0.0474. The molecule has 29 heavy (non-hydrogen) atoms. The first-order chi connectivity index (χ1) is 13.5. The summed E-state index contributed by atoms with van der Waals surface area (Å²) in [6.45, 7) is 6.91. The number of carbonyl (C=O) groups is 5. The van der Waals surface area contributed by atoms with Gasteiger partial charge < -0.3 is 10.5 Å². The number of urea groups is 1. The standard InChI is InChI=1S/C20H25N3O6/c1-10(2)9-14(19(27)29-15(11(3)4)16(24)22-20(21)28)23-17(25)12-7-5-6-8-13(12)18(23)26/h5-8,10-11,14-15H,9H2,1-4H3,(H3,21,22,24,28)/t14-,15-/m1/s1. The monoisotopic (exact) mass is 403 g/mol. The second-order valence-electron chi connectivity index (χ2n) is 7.63. The van der Waals surface area contributed by atoms with Crippen molar-refractivity contribution in [1.29, 1.82) is 0 Å². The van der Waals surface area contributed by atoms with Crippen molar-refractivity contribution in [3.8, 4) is 0 Å². The van der Waals surface area contributed by atoms with Crippen LogP contribution >= 0.6 is 0 Å². The van der Waals surface area contributed by atoms with Crippen molar-refractivity contribution in [2.45, 2.75) is 46.3 Å². The highest BCUT2D eigenvalue weighted by molar-refractivity contribution is 6.22. The van der Waals surface area contributed by atoms with Gasteiger partial charge in [-0.3, -0.25) is 24.6 Å². The summed E-state index contributed by atoms with van der Waals surface area (Å²) >= 11 is 0. The maximum Gasteiger partial charge on any atom is 0.330 e. The molecule has 0 aromatic heterocycles. The molecular formula is C20H25N3O6. The lowest BCUT2D eigenvalue weighted by Crippen LogP contribution is -2.50. The molecule has 2 rings (SSSR count). The van der Waals surface area contributed by atoms with Gasteiger partial charge >= 0.3 is 12.0 Å². The number of rotatable bonds is 7. The normalized spacial score (nSPS) is 15.3. The quantitative estimate of drug-likeness (QED) is 0.522. The fourth-order valence-corrected chi connectivity index (χ4v) is 3.13. The summed E-state index contributed by atoms with van der Waals surface area (Å²) in [7, 11) is 0. The third kappa shape index (κ3) is 4.79. The third-order valence-electron chi connectivity index (χ3n) is 4.46. The molecule has 0 aliphatic carbocycles. The number of nitrogens with zero attached hydrogens (tertiary/aromatic N) is 1. The van der Waals surface area contributed by atoms with Crippen LogP contribution in [-0.4, -0.2) is 46.8 Å². The van der Waals surface area contributed by atoms with Gasteiger partial charge in [-0.05, 0) is 30.4 Å². The Morgan fingerprint density at radius 1 is 1.03 bits per heavy atom. The summed E-state index contributed by atoms with van der Waals surface area (Å²) in [6, 6.07) is 4.02. The molecule has 0 fully saturated rings. The highest BCUT2D eigenvalue weighted by atomic mass is 16.6. The topological polar surface area (TPSA) is 136 Å². The van der Waals surface area contributed by atoms with Crippen LogP contribution in [-0.2, 0) is 14.3 Å². The highest BCUT2D eigenvalue weighted by Gasteiger charge is 2.44. The Morgan fingerprint density at radius 3 is 1.97 bits per heavy atom. The number of ether oxygens (including phenoxy) is 1. The molecule has 9 heteroatoms. The molecule has 0 saturated carbocycles. The number of amides is 5. The van der Waals surface area contributed by atoms with Gasteiger partial charge in [0.05, 0.1) is 11.1 Å². The molecule has 156 valence electrons. The van der Waals surface area contributed by atoms with Gasteiger partial charge in [0.15, 0.2) is 6.10 Å². The fourth-order valence-electron chi connectivity index (χ4n) is 3.13. The number of benzene rings is 1. The van der Waals surface area contributed by atoms with Crippen LogP contribution in [0.3, 0.4) is 0 Å². The van der Waals surface area contributed by atoms with Crippen LogP contribution in [0.15, 0.2) is 24.3 Å². The molecule has 9 nitrogen and oxygen atoms in total. The minimum Gasteiger partial charge on any atom is -0.450 e. The van der Waals surface area contributed by atoms with Crippen molar-refractivity contribution in [2.75, 3.05) is 0 Å². The summed E-state index contributed by atoms with van der Waals surface area (Å²) in [5.74, 6) is -3.46. The largest absolute Gasteiger partial charge is 0.450 e. The Kier molecular flexibility index (Phi) is 6.73. The maximum absolute atomic E-state index is 12.9. The molecule has 5 amide bonds. The van der Waals surface area contributed by atoms with Gasteiger partial charge in [-0.1, -0.05) is 39.8 Å². The van der Waals surface area contributed by atoms with Gasteiger partial charge in [-0.15, -0.1) is 0 Å². The molecular weight excluding hydrogens is 378 g/mol. The van der Waals surface area contributed by atoms with Crippen molar-refractivity contribution < 1.29 is 28.7 Å². The average molecular weight is 403 g/mol. The first-order valence-corrected chi connectivity index (χ1v) is 9.32. The number of nitrogens with two attached hydrogens (primary N) is 1. The van der Waals surface area contributed by atoms with Crippen molar-refractivity contribution >= 4 is 29.7 Å².